The van der Waals surface area contributed by atoms with E-state index in [4.69, 9.17) is 28.4 Å². The summed E-state index contributed by atoms with van der Waals surface area (Å²) in [4.78, 5) is 63.7. The Balaban J connectivity index is 2.50. The third-order valence-corrected chi connectivity index (χ3v) is 5.82. The van der Waals surface area contributed by atoms with Gasteiger partial charge in [-0.25, -0.2) is 4.79 Å². The molecule has 0 N–H and O–H groups in total. The lowest BCUT2D eigenvalue weighted by molar-refractivity contribution is -0.296. The zero-order valence-corrected chi connectivity index (χ0v) is 23.6. The maximum atomic E-state index is 13.3. The second kappa shape index (κ2) is 17.3. The monoisotopic (exact) mass is 564 g/mol. The summed E-state index contributed by atoms with van der Waals surface area (Å²) in [6.07, 6.45) is -5.97. The molecule has 1 fully saturated rings. The predicted octanol–water partition coefficient (Wildman–Crippen LogP) is 3.93. The van der Waals surface area contributed by atoms with Gasteiger partial charge in [0, 0.05) is 25.7 Å². The van der Waals surface area contributed by atoms with E-state index in [1.807, 2.05) is 6.07 Å². The summed E-state index contributed by atoms with van der Waals surface area (Å²) in [5, 5.41) is 0. The van der Waals surface area contributed by atoms with Gasteiger partial charge in [-0.3, -0.25) is 19.2 Å². The minimum atomic E-state index is -1.65. The van der Waals surface area contributed by atoms with Crippen molar-refractivity contribution in [1.29, 1.82) is 0 Å². The van der Waals surface area contributed by atoms with Crippen LogP contribution in [0, 0.1) is 0 Å². The number of carbonyl (C=O) groups excluding carboxylic acids is 5. The molecule has 5 atom stereocenters. The number of carbonyl (C=O) groups is 5. The van der Waals surface area contributed by atoms with E-state index < -0.39 is 60.6 Å². The lowest BCUT2D eigenvalue weighted by Gasteiger charge is -2.43. The summed E-state index contributed by atoms with van der Waals surface area (Å²) in [5.74, 6) is -3.66. The van der Waals surface area contributed by atoms with Crippen LogP contribution in [0.3, 0.4) is 0 Å². The number of benzene rings is 1. The Morgan fingerprint density at radius 2 is 1.07 bits per heavy atom. The van der Waals surface area contributed by atoms with E-state index in [0.717, 1.165) is 0 Å². The molecule has 1 unspecified atom stereocenters. The lowest BCUT2D eigenvalue weighted by Crippen LogP contribution is -2.64. The Labute approximate surface area is 234 Å². The first-order chi connectivity index (χ1) is 19.2. The minimum absolute atomic E-state index is 0.00597. The van der Waals surface area contributed by atoms with Gasteiger partial charge in [0.1, 0.15) is 6.61 Å². The van der Waals surface area contributed by atoms with Crippen molar-refractivity contribution >= 4 is 29.8 Å². The van der Waals surface area contributed by atoms with Crippen LogP contribution in [-0.2, 0) is 59.0 Å². The van der Waals surface area contributed by atoms with Gasteiger partial charge in [0.25, 0.3) is 0 Å². The first-order valence-corrected chi connectivity index (χ1v) is 13.9. The molecule has 0 aromatic heterocycles. The molecule has 1 aliphatic rings. The Kier molecular flexibility index (Phi) is 14.1. The molecule has 11 heteroatoms. The molecule has 40 heavy (non-hydrogen) atoms. The molecule has 222 valence electrons. The van der Waals surface area contributed by atoms with Crippen molar-refractivity contribution in [2.75, 3.05) is 0 Å². The van der Waals surface area contributed by atoms with Gasteiger partial charge in [-0.1, -0.05) is 58.0 Å². The largest absolute Gasteiger partial charge is 0.459 e. The van der Waals surface area contributed by atoms with Crippen LogP contribution in [0.5, 0.6) is 0 Å². The predicted molar refractivity (Wildman–Crippen MR) is 140 cm³/mol. The molecule has 0 amide bonds. The van der Waals surface area contributed by atoms with Crippen molar-refractivity contribution in [3.05, 3.63) is 35.9 Å². The summed E-state index contributed by atoms with van der Waals surface area (Å²) in [7, 11) is 0. The highest BCUT2D eigenvalue weighted by Crippen LogP contribution is 2.31. The molecule has 0 aliphatic carbocycles. The van der Waals surface area contributed by atoms with Crippen molar-refractivity contribution in [3.8, 4) is 0 Å². The smallest absolute Gasteiger partial charge is 0.339 e. The Bertz CT molecular complexity index is 977. The van der Waals surface area contributed by atoms with Crippen molar-refractivity contribution in [3.63, 3.8) is 0 Å². The first kappa shape index (κ1) is 32.7. The van der Waals surface area contributed by atoms with E-state index in [-0.39, 0.29) is 32.3 Å². The molecule has 1 aromatic carbocycles. The third kappa shape index (κ3) is 10.3. The SMILES string of the molecule is CCCC(=O)OC1O[C@H](C(=O)OCc2ccccc2)[C@@H](OC(=O)CCC)[C@H](OC(=O)CCC)[C@H]1OC(=O)CCC. The fourth-order valence-electron chi connectivity index (χ4n) is 3.93. The highest BCUT2D eigenvalue weighted by Gasteiger charge is 2.56. The van der Waals surface area contributed by atoms with Crippen molar-refractivity contribution < 1.29 is 52.4 Å². The molecule has 0 radical (unpaired) electrons. The molecular weight excluding hydrogens is 524 g/mol. The lowest BCUT2D eigenvalue weighted by atomic mass is 9.97. The van der Waals surface area contributed by atoms with Crippen LogP contribution in [0.2, 0.25) is 0 Å². The van der Waals surface area contributed by atoms with E-state index >= 15 is 0 Å². The van der Waals surface area contributed by atoms with E-state index in [2.05, 4.69) is 0 Å². The standard InChI is InChI=1S/C29H40O11/c1-5-12-20(30)36-24-25(37-21(31)13-6-2)27(38-22(32)14-7-3)29(39-23(33)15-8-4)40-26(24)28(34)35-18-19-16-10-9-11-17-19/h9-11,16-17,24-27,29H,5-8,12-15,18H2,1-4H3/t24-,25-,26-,27+,29?/m0/s1. The Morgan fingerprint density at radius 3 is 1.57 bits per heavy atom. The number of hydrogen-bond acceptors (Lipinski definition) is 11. The average Bonchev–Trinajstić information content (AvgIpc) is 2.91. The summed E-state index contributed by atoms with van der Waals surface area (Å²) in [5.41, 5.74) is 0.689. The summed E-state index contributed by atoms with van der Waals surface area (Å²) < 4.78 is 33.6. The van der Waals surface area contributed by atoms with Gasteiger partial charge < -0.3 is 28.4 Å². The van der Waals surface area contributed by atoms with E-state index in [0.29, 0.717) is 31.2 Å². The summed E-state index contributed by atoms with van der Waals surface area (Å²) in [6, 6.07) is 8.86. The number of hydrogen-bond donors (Lipinski definition) is 0. The third-order valence-electron chi connectivity index (χ3n) is 5.82. The van der Waals surface area contributed by atoms with E-state index in [1.165, 1.54) is 0 Å². The normalized spacial score (nSPS) is 22.1. The van der Waals surface area contributed by atoms with Crippen LogP contribution in [0.15, 0.2) is 30.3 Å². The van der Waals surface area contributed by atoms with Gasteiger partial charge >= 0.3 is 29.8 Å². The van der Waals surface area contributed by atoms with Crippen molar-refractivity contribution in [1.82, 2.24) is 0 Å². The van der Waals surface area contributed by atoms with Crippen LogP contribution in [0.4, 0.5) is 0 Å². The van der Waals surface area contributed by atoms with Crippen LogP contribution in [0.1, 0.15) is 84.6 Å². The number of ether oxygens (including phenoxy) is 6. The second-order valence-electron chi connectivity index (χ2n) is 9.37. The van der Waals surface area contributed by atoms with Crippen LogP contribution in [-0.4, -0.2) is 60.6 Å². The molecule has 0 spiro atoms. The molecule has 1 heterocycles. The molecule has 1 aliphatic heterocycles. The minimum Gasteiger partial charge on any atom is -0.459 e. The summed E-state index contributed by atoms with van der Waals surface area (Å²) in [6.45, 7) is 6.95. The van der Waals surface area contributed by atoms with Gasteiger partial charge in [-0.15, -0.1) is 0 Å². The van der Waals surface area contributed by atoms with E-state index in [9.17, 15) is 24.0 Å². The highest BCUT2D eigenvalue weighted by atomic mass is 16.7. The first-order valence-electron chi connectivity index (χ1n) is 13.9. The summed E-state index contributed by atoms with van der Waals surface area (Å²) >= 11 is 0. The molecule has 1 saturated heterocycles. The molecule has 11 nitrogen and oxygen atoms in total. The molecule has 2 rings (SSSR count). The zero-order valence-electron chi connectivity index (χ0n) is 23.6. The van der Waals surface area contributed by atoms with Crippen molar-refractivity contribution in [2.45, 2.75) is 116 Å². The van der Waals surface area contributed by atoms with Gasteiger partial charge in [-0.2, -0.15) is 0 Å². The van der Waals surface area contributed by atoms with Gasteiger partial charge in [0.15, 0.2) is 18.3 Å². The van der Waals surface area contributed by atoms with E-state index in [1.54, 1.807) is 52.0 Å². The molecule has 0 bridgehead atoms. The van der Waals surface area contributed by atoms with Crippen LogP contribution in [0.25, 0.3) is 0 Å². The second-order valence-corrected chi connectivity index (χ2v) is 9.37. The quantitative estimate of drug-likeness (QED) is 0.226. The fourth-order valence-corrected chi connectivity index (χ4v) is 3.93. The average molecular weight is 565 g/mol. The number of rotatable bonds is 15. The van der Waals surface area contributed by atoms with Crippen molar-refractivity contribution in [2.24, 2.45) is 0 Å². The topological polar surface area (TPSA) is 141 Å². The maximum Gasteiger partial charge on any atom is 0.339 e. The van der Waals surface area contributed by atoms with Gasteiger partial charge in [-0.05, 0) is 31.2 Å². The Hall–Kier alpha value is -3.47. The number of esters is 5. The molecule has 1 aromatic rings. The molecular formula is C29H40O11. The highest BCUT2D eigenvalue weighted by molar-refractivity contribution is 5.78. The zero-order chi connectivity index (χ0) is 29.5. The molecule has 0 saturated carbocycles. The maximum absolute atomic E-state index is 13.3. The van der Waals surface area contributed by atoms with Gasteiger partial charge in [0.2, 0.25) is 12.4 Å². The fraction of sp³-hybridized carbons (Fsp3) is 0.621. The van der Waals surface area contributed by atoms with Crippen LogP contribution < -0.4 is 0 Å². The Morgan fingerprint density at radius 1 is 0.625 bits per heavy atom. The van der Waals surface area contributed by atoms with Gasteiger partial charge in [0.05, 0.1) is 0 Å². The van der Waals surface area contributed by atoms with Crippen LogP contribution >= 0.6 is 0 Å².